The molecule has 2 rings (SSSR count). The van der Waals surface area contributed by atoms with E-state index in [4.69, 9.17) is 16.3 Å². The third kappa shape index (κ3) is 4.94. The van der Waals surface area contributed by atoms with Crippen LogP contribution in [0.1, 0.15) is 40.2 Å². The maximum atomic E-state index is 12.3. The van der Waals surface area contributed by atoms with E-state index >= 15 is 0 Å². The highest BCUT2D eigenvalue weighted by atomic mass is 35.5. The number of carbonyl (C=O) groups excluding carboxylic acids is 2. The minimum atomic E-state index is -0.405. The van der Waals surface area contributed by atoms with Gasteiger partial charge in [-0.3, -0.25) is 4.79 Å². The Morgan fingerprint density at radius 3 is 2.72 bits per heavy atom. The molecule has 0 saturated carbocycles. The summed E-state index contributed by atoms with van der Waals surface area (Å²) in [4.78, 5) is 25.5. The van der Waals surface area contributed by atoms with E-state index in [1.807, 2.05) is 26.0 Å². The minimum Gasteiger partial charge on any atom is -0.462 e. The summed E-state index contributed by atoms with van der Waals surface area (Å²) in [5.74, 6) is -0.716. The maximum Gasteiger partial charge on any atom is 0.341 e. The Kier molecular flexibility index (Phi) is 6.79. The lowest BCUT2D eigenvalue weighted by molar-refractivity contribution is -0.111. The smallest absolute Gasteiger partial charge is 0.341 e. The van der Waals surface area contributed by atoms with Crippen LogP contribution in [-0.4, -0.2) is 18.5 Å². The van der Waals surface area contributed by atoms with E-state index in [1.54, 1.807) is 25.1 Å². The Morgan fingerprint density at radius 2 is 2.08 bits per heavy atom. The van der Waals surface area contributed by atoms with Crippen LogP contribution < -0.4 is 5.32 Å². The first-order valence-corrected chi connectivity index (χ1v) is 9.19. The molecule has 0 bridgehead atoms. The van der Waals surface area contributed by atoms with Gasteiger partial charge in [-0.25, -0.2) is 4.79 Å². The molecule has 0 saturated heterocycles. The summed E-state index contributed by atoms with van der Waals surface area (Å²) in [5, 5.41) is 3.92. The number of nitrogens with one attached hydrogen (secondary N) is 1. The number of hydrogen-bond acceptors (Lipinski definition) is 4. The van der Waals surface area contributed by atoms with Gasteiger partial charge in [0.25, 0.3) is 0 Å². The molecule has 0 atom stereocenters. The number of carbonyl (C=O) groups is 2. The molecule has 2 aromatic rings. The monoisotopic (exact) mass is 377 g/mol. The molecule has 25 heavy (non-hydrogen) atoms. The molecular formula is C19H20ClNO3S. The zero-order valence-corrected chi connectivity index (χ0v) is 16.0. The molecular weight excluding hydrogens is 358 g/mol. The van der Waals surface area contributed by atoms with Crippen molar-refractivity contribution in [1.82, 2.24) is 0 Å². The van der Waals surface area contributed by atoms with Crippen LogP contribution >= 0.6 is 22.9 Å². The predicted octanol–water partition coefficient (Wildman–Crippen LogP) is 5.10. The van der Waals surface area contributed by atoms with Crippen molar-refractivity contribution in [2.24, 2.45) is 0 Å². The fourth-order valence-corrected chi connectivity index (χ4v) is 3.78. The largest absolute Gasteiger partial charge is 0.462 e. The molecule has 0 radical (unpaired) electrons. The highest BCUT2D eigenvalue weighted by molar-refractivity contribution is 7.16. The van der Waals surface area contributed by atoms with Gasteiger partial charge in [-0.15, -0.1) is 11.3 Å². The molecule has 1 aromatic carbocycles. The standard InChI is InChI=1S/C19H20ClNO3S/c1-4-15-12(3)25-18(17(15)19(23)24-5-2)21-16(22)10-9-13-7-6-8-14(20)11-13/h6-11H,4-5H2,1-3H3,(H,21,22)/b10-9+. The maximum absolute atomic E-state index is 12.3. The zero-order valence-electron chi connectivity index (χ0n) is 14.4. The highest BCUT2D eigenvalue weighted by Crippen LogP contribution is 2.34. The number of hydrogen-bond donors (Lipinski definition) is 1. The first-order valence-electron chi connectivity index (χ1n) is 8.00. The number of esters is 1. The topological polar surface area (TPSA) is 55.4 Å². The Bertz CT molecular complexity index is 811. The third-order valence-electron chi connectivity index (χ3n) is 3.55. The lowest BCUT2D eigenvalue weighted by Crippen LogP contribution is -2.13. The van der Waals surface area contributed by atoms with E-state index in [2.05, 4.69) is 5.32 Å². The first-order chi connectivity index (χ1) is 12.0. The lowest BCUT2D eigenvalue weighted by Gasteiger charge is -2.06. The molecule has 6 heteroatoms. The van der Waals surface area contributed by atoms with E-state index < -0.39 is 5.97 Å². The van der Waals surface area contributed by atoms with Crippen LogP contribution in [0.3, 0.4) is 0 Å². The summed E-state index contributed by atoms with van der Waals surface area (Å²) >= 11 is 7.31. The van der Waals surface area contributed by atoms with Crippen molar-refractivity contribution in [2.45, 2.75) is 27.2 Å². The number of halogens is 1. The number of ether oxygens (including phenoxy) is 1. The van der Waals surface area contributed by atoms with E-state index in [0.717, 1.165) is 16.0 Å². The molecule has 0 aliphatic heterocycles. The van der Waals surface area contributed by atoms with Gasteiger partial charge in [0, 0.05) is 16.0 Å². The minimum absolute atomic E-state index is 0.291. The van der Waals surface area contributed by atoms with Crippen LogP contribution in [0, 0.1) is 6.92 Å². The van der Waals surface area contributed by atoms with Crippen molar-refractivity contribution >= 4 is 45.9 Å². The second-order valence-electron chi connectivity index (χ2n) is 5.29. The number of aryl methyl sites for hydroxylation is 1. The Labute approximate surface area is 156 Å². The molecule has 0 aliphatic rings. The summed E-state index contributed by atoms with van der Waals surface area (Å²) in [5.41, 5.74) is 2.19. The number of benzene rings is 1. The average Bonchev–Trinajstić information content (AvgIpc) is 2.88. The van der Waals surface area contributed by atoms with Gasteiger partial charge in [0.15, 0.2) is 0 Å². The molecule has 1 heterocycles. The van der Waals surface area contributed by atoms with Crippen LogP contribution in [0.5, 0.6) is 0 Å². The molecule has 1 N–H and O–H groups in total. The number of amides is 1. The van der Waals surface area contributed by atoms with Crippen LogP contribution in [0.2, 0.25) is 5.02 Å². The van der Waals surface area contributed by atoms with E-state index in [0.29, 0.717) is 28.6 Å². The van der Waals surface area contributed by atoms with Crippen molar-refractivity contribution in [2.75, 3.05) is 11.9 Å². The van der Waals surface area contributed by atoms with Crippen molar-refractivity contribution in [3.63, 3.8) is 0 Å². The highest BCUT2D eigenvalue weighted by Gasteiger charge is 2.22. The van der Waals surface area contributed by atoms with Gasteiger partial charge < -0.3 is 10.1 Å². The predicted molar refractivity (Wildman–Crippen MR) is 104 cm³/mol. The lowest BCUT2D eigenvalue weighted by atomic mass is 10.1. The molecule has 0 unspecified atom stereocenters. The first kappa shape index (κ1) is 19.2. The molecule has 132 valence electrons. The van der Waals surface area contributed by atoms with Gasteiger partial charge >= 0.3 is 5.97 Å². The van der Waals surface area contributed by atoms with Gasteiger partial charge in [0.05, 0.1) is 12.2 Å². The molecule has 0 spiro atoms. The van der Waals surface area contributed by atoms with Crippen LogP contribution in [0.4, 0.5) is 5.00 Å². The van der Waals surface area contributed by atoms with Gasteiger partial charge in [0.1, 0.15) is 5.00 Å². The van der Waals surface area contributed by atoms with Crippen molar-refractivity contribution in [3.8, 4) is 0 Å². The molecule has 4 nitrogen and oxygen atoms in total. The van der Waals surface area contributed by atoms with Crippen LogP contribution in [0.25, 0.3) is 6.08 Å². The van der Waals surface area contributed by atoms with Crippen molar-refractivity contribution in [1.29, 1.82) is 0 Å². The fraction of sp³-hybridized carbons (Fsp3) is 0.263. The number of thiophene rings is 1. The SMILES string of the molecule is CCOC(=O)c1c(NC(=O)/C=C/c2cccc(Cl)c2)sc(C)c1CC. The van der Waals surface area contributed by atoms with E-state index in [-0.39, 0.29) is 5.91 Å². The van der Waals surface area contributed by atoms with Crippen LogP contribution in [0.15, 0.2) is 30.3 Å². The third-order valence-corrected chi connectivity index (χ3v) is 4.85. The van der Waals surface area contributed by atoms with Gasteiger partial charge in [-0.05, 0) is 49.6 Å². The summed E-state index contributed by atoms with van der Waals surface area (Å²) in [6.45, 7) is 5.96. The zero-order chi connectivity index (χ0) is 18.4. The fourth-order valence-electron chi connectivity index (χ4n) is 2.45. The Balaban J connectivity index is 2.21. The summed E-state index contributed by atoms with van der Waals surface area (Å²) in [6, 6.07) is 7.20. The summed E-state index contributed by atoms with van der Waals surface area (Å²) < 4.78 is 5.13. The second-order valence-corrected chi connectivity index (χ2v) is 6.95. The van der Waals surface area contributed by atoms with Crippen molar-refractivity contribution in [3.05, 3.63) is 56.9 Å². The number of anilines is 1. The quantitative estimate of drug-likeness (QED) is 0.562. The van der Waals surface area contributed by atoms with Crippen molar-refractivity contribution < 1.29 is 14.3 Å². The molecule has 1 amide bonds. The molecule has 1 aromatic heterocycles. The Morgan fingerprint density at radius 1 is 1.32 bits per heavy atom. The molecule has 0 fully saturated rings. The average molecular weight is 378 g/mol. The van der Waals surface area contributed by atoms with Gasteiger partial charge in [-0.1, -0.05) is 30.7 Å². The summed E-state index contributed by atoms with van der Waals surface area (Å²) in [7, 11) is 0. The van der Waals surface area contributed by atoms with Gasteiger partial charge in [-0.2, -0.15) is 0 Å². The second kappa shape index (κ2) is 8.83. The molecule has 0 aliphatic carbocycles. The number of rotatable bonds is 6. The normalized spacial score (nSPS) is 10.9. The summed E-state index contributed by atoms with van der Waals surface area (Å²) in [6.07, 6.45) is 3.79. The van der Waals surface area contributed by atoms with E-state index in [9.17, 15) is 9.59 Å². The van der Waals surface area contributed by atoms with Gasteiger partial charge in [0.2, 0.25) is 5.91 Å². The van der Waals surface area contributed by atoms with Crippen LogP contribution in [-0.2, 0) is 16.0 Å². The van der Waals surface area contributed by atoms with E-state index in [1.165, 1.54) is 17.4 Å². The Hall–Kier alpha value is -2.11.